The van der Waals surface area contributed by atoms with Gasteiger partial charge >= 0.3 is 0 Å². The van der Waals surface area contributed by atoms with Gasteiger partial charge in [0.1, 0.15) is 0 Å². The molecule has 122 valence electrons. The summed E-state index contributed by atoms with van der Waals surface area (Å²) in [6.45, 7) is 3.06. The topological polar surface area (TPSA) is 66.7 Å². The third-order valence-electron chi connectivity index (χ3n) is 4.60. The molecule has 6 heteroatoms. The zero-order valence-corrected chi connectivity index (χ0v) is 13.1. The van der Waals surface area contributed by atoms with Gasteiger partial charge in [0, 0.05) is 49.9 Å². The van der Waals surface area contributed by atoms with E-state index in [0.717, 1.165) is 13.1 Å². The predicted molar refractivity (Wildman–Crippen MR) is 87.4 cm³/mol. The van der Waals surface area contributed by atoms with E-state index in [1.165, 1.54) is 31.4 Å². The number of carbonyl (C=O) groups excluding carboxylic acids is 1. The number of carbonyl (C=O) groups is 1. The van der Waals surface area contributed by atoms with Gasteiger partial charge in [-0.3, -0.25) is 19.8 Å². The van der Waals surface area contributed by atoms with E-state index >= 15 is 0 Å². The Morgan fingerprint density at radius 1 is 1.22 bits per heavy atom. The van der Waals surface area contributed by atoms with Gasteiger partial charge in [-0.15, -0.1) is 0 Å². The molecular formula is C17H21N3O3. The van der Waals surface area contributed by atoms with Gasteiger partial charge < -0.3 is 4.90 Å². The molecule has 1 fully saturated rings. The molecule has 1 saturated heterocycles. The van der Waals surface area contributed by atoms with Crippen LogP contribution in [-0.2, 0) is 0 Å². The highest BCUT2D eigenvalue weighted by Gasteiger charge is 2.26. The van der Waals surface area contributed by atoms with Crippen molar-refractivity contribution in [2.45, 2.75) is 25.3 Å². The molecule has 23 heavy (non-hydrogen) atoms. The van der Waals surface area contributed by atoms with Crippen molar-refractivity contribution in [2.75, 3.05) is 26.2 Å². The lowest BCUT2D eigenvalue weighted by Crippen LogP contribution is -2.51. The Bertz CT molecular complexity index is 621. The number of amides is 1. The van der Waals surface area contributed by atoms with Crippen LogP contribution in [0.3, 0.4) is 0 Å². The molecule has 1 aliphatic carbocycles. The van der Waals surface area contributed by atoms with Crippen molar-refractivity contribution in [1.82, 2.24) is 9.80 Å². The average molecular weight is 315 g/mol. The highest BCUT2D eigenvalue weighted by Crippen LogP contribution is 2.20. The summed E-state index contributed by atoms with van der Waals surface area (Å²) < 4.78 is 0. The summed E-state index contributed by atoms with van der Waals surface area (Å²) in [4.78, 5) is 27.1. The van der Waals surface area contributed by atoms with Crippen molar-refractivity contribution in [2.24, 2.45) is 0 Å². The Hall–Kier alpha value is -2.21. The maximum atomic E-state index is 12.5. The van der Waals surface area contributed by atoms with Crippen LogP contribution < -0.4 is 0 Å². The molecule has 1 amide bonds. The van der Waals surface area contributed by atoms with Gasteiger partial charge in [-0.05, 0) is 25.3 Å². The van der Waals surface area contributed by atoms with Crippen LogP contribution in [0.2, 0.25) is 0 Å². The number of non-ortho nitro benzene ring substituents is 1. The SMILES string of the molecule is O=C(c1cccc([N+](=O)[O-])c1)N1CCN(C2C=CCCC2)CC1. The van der Waals surface area contributed by atoms with E-state index in [2.05, 4.69) is 17.1 Å². The second-order valence-electron chi connectivity index (χ2n) is 6.06. The molecule has 0 radical (unpaired) electrons. The minimum atomic E-state index is -0.468. The van der Waals surface area contributed by atoms with E-state index in [-0.39, 0.29) is 11.6 Å². The van der Waals surface area contributed by atoms with Crippen LogP contribution in [0, 0.1) is 10.1 Å². The first kappa shape index (κ1) is 15.7. The smallest absolute Gasteiger partial charge is 0.270 e. The van der Waals surface area contributed by atoms with Gasteiger partial charge in [-0.25, -0.2) is 0 Å². The maximum Gasteiger partial charge on any atom is 0.270 e. The van der Waals surface area contributed by atoms with Crippen LogP contribution >= 0.6 is 0 Å². The summed E-state index contributed by atoms with van der Waals surface area (Å²) in [6, 6.07) is 6.47. The second kappa shape index (κ2) is 6.91. The molecule has 1 aromatic rings. The van der Waals surface area contributed by atoms with Gasteiger partial charge in [0.25, 0.3) is 11.6 Å². The first-order valence-electron chi connectivity index (χ1n) is 8.09. The van der Waals surface area contributed by atoms with Crippen LogP contribution in [0.1, 0.15) is 29.6 Å². The van der Waals surface area contributed by atoms with Crippen molar-refractivity contribution >= 4 is 11.6 Å². The summed E-state index contributed by atoms with van der Waals surface area (Å²) in [5.41, 5.74) is 0.354. The molecule has 0 bridgehead atoms. The lowest BCUT2D eigenvalue weighted by Gasteiger charge is -2.39. The molecule has 1 aliphatic heterocycles. The summed E-state index contributed by atoms with van der Waals surface area (Å²) in [7, 11) is 0. The van der Waals surface area contributed by atoms with Crippen molar-refractivity contribution in [3.05, 3.63) is 52.1 Å². The standard InChI is InChI=1S/C17H21N3O3/c21-17(14-5-4-8-16(13-14)20(22)23)19-11-9-18(10-12-19)15-6-2-1-3-7-15/h2,4-6,8,13,15H,1,3,7,9-12H2. The summed E-state index contributed by atoms with van der Waals surface area (Å²) in [5.74, 6) is -0.118. The molecule has 0 aromatic heterocycles. The van der Waals surface area contributed by atoms with Gasteiger partial charge in [0.2, 0.25) is 0 Å². The van der Waals surface area contributed by atoms with Crippen molar-refractivity contribution < 1.29 is 9.72 Å². The van der Waals surface area contributed by atoms with Gasteiger partial charge in [0.15, 0.2) is 0 Å². The molecule has 0 saturated carbocycles. The highest BCUT2D eigenvalue weighted by atomic mass is 16.6. The number of nitro groups is 1. The van der Waals surface area contributed by atoms with Crippen LogP contribution in [0.15, 0.2) is 36.4 Å². The number of rotatable bonds is 3. The average Bonchev–Trinajstić information content (AvgIpc) is 2.62. The van der Waals surface area contributed by atoms with E-state index < -0.39 is 4.92 Å². The fraction of sp³-hybridized carbons (Fsp3) is 0.471. The summed E-state index contributed by atoms with van der Waals surface area (Å²) in [6.07, 6.45) is 8.11. The van der Waals surface area contributed by atoms with Gasteiger partial charge in [-0.1, -0.05) is 18.2 Å². The third-order valence-corrected chi connectivity index (χ3v) is 4.60. The minimum Gasteiger partial charge on any atom is -0.336 e. The lowest BCUT2D eigenvalue weighted by atomic mass is 10.0. The van der Waals surface area contributed by atoms with Gasteiger partial charge in [-0.2, -0.15) is 0 Å². The van der Waals surface area contributed by atoms with E-state index in [0.29, 0.717) is 24.7 Å². The molecule has 0 N–H and O–H groups in total. The van der Waals surface area contributed by atoms with E-state index in [4.69, 9.17) is 0 Å². The molecule has 6 nitrogen and oxygen atoms in total. The highest BCUT2D eigenvalue weighted by molar-refractivity contribution is 5.94. The normalized spacial score (nSPS) is 22.1. The second-order valence-corrected chi connectivity index (χ2v) is 6.06. The maximum absolute atomic E-state index is 12.5. The number of piperazine rings is 1. The Balaban J connectivity index is 1.62. The molecule has 1 aromatic carbocycles. The van der Waals surface area contributed by atoms with Crippen molar-refractivity contribution in [3.63, 3.8) is 0 Å². The Labute approximate surface area is 135 Å². The molecule has 0 spiro atoms. The van der Waals surface area contributed by atoms with E-state index in [1.807, 2.05) is 0 Å². The van der Waals surface area contributed by atoms with E-state index in [9.17, 15) is 14.9 Å². The third kappa shape index (κ3) is 3.59. The number of nitro benzene ring substituents is 1. The van der Waals surface area contributed by atoms with E-state index in [1.54, 1.807) is 17.0 Å². The zero-order chi connectivity index (χ0) is 16.2. The molecular weight excluding hydrogens is 294 g/mol. The number of nitrogens with zero attached hydrogens (tertiary/aromatic N) is 3. The predicted octanol–water partition coefficient (Wildman–Crippen LogP) is 2.46. The van der Waals surface area contributed by atoms with Crippen molar-refractivity contribution in [1.29, 1.82) is 0 Å². The largest absolute Gasteiger partial charge is 0.336 e. The Morgan fingerprint density at radius 3 is 2.65 bits per heavy atom. The Morgan fingerprint density at radius 2 is 2.00 bits per heavy atom. The van der Waals surface area contributed by atoms with Crippen molar-refractivity contribution in [3.8, 4) is 0 Å². The molecule has 1 unspecified atom stereocenters. The van der Waals surface area contributed by atoms with Crippen LogP contribution in [-0.4, -0.2) is 52.9 Å². The first-order chi connectivity index (χ1) is 11.1. The fourth-order valence-electron chi connectivity index (χ4n) is 3.29. The molecule has 1 atom stereocenters. The first-order valence-corrected chi connectivity index (χ1v) is 8.09. The molecule has 1 heterocycles. The zero-order valence-electron chi connectivity index (χ0n) is 13.1. The Kier molecular flexibility index (Phi) is 4.71. The number of hydrogen-bond donors (Lipinski definition) is 0. The fourth-order valence-corrected chi connectivity index (χ4v) is 3.29. The number of allylic oxidation sites excluding steroid dienone is 1. The number of hydrogen-bond acceptors (Lipinski definition) is 4. The van der Waals surface area contributed by atoms with Crippen LogP contribution in [0.5, 0.6) is 0 Å². The monoisotopic (exact) mass is 315 g/mol. The quantitative estimate of drug-likeness (QED) is 0.488. The lowest BCUT2D eigenvalue weighted by molar-refractivity contribution is -0.384. The summed E-state index contributed by atoms with van der Waals surface area (Å²) >= 11 is 0. The van der Waals surface area contributed by atoms with Crippen LogP contribution in [0.4, 0.5) is 5.69 Å². The van der Waals surface area contributed by atoms with Gasteiger partial charge in [0.05, 0.1) is 4.92 Å². The molecule has 2 aliphatic rings. The minimum absolute atomic E-state index is 0.0400. The molecule has 3 rings (SSSR count). The number of benzene rings is 1. The summed E-state index contributed by atoms with van der Waals surface area (Å²) in [5, 5.41) is 10.8. The van der Waals surface area contributed by atoms with Crippen LogP contribution in [0.25, 0.3) is 0 Å².